The fourth-order valence-electron chi connectivity index (χ4n) is 7.66. The van der Waals surface area contributed by atoms with Crippen LogP contribution < -0.4 is 0 Å². The first kappa shape index (κ1) is 34.5. The van der Waals surface area contributed by atoms with E-state index in [0.29, 0.717) is 5.90 Å². The Labute approximate surface area is 325 Å². The zero-order chi connectivity index (χ0) is 35.2. The van der Waals surface area contributed by atoms with E-state index in [1.807, 2.05) is 18.3 Å². The topological polar surface area (TPSA) is 39.4 Å². The van der Waals surface area contributed by atoms with Gasteiger partial charge in [-0.05, 0) is 71.9 Å². The maximum Gasteiger partial charge on any atom is 2.00 e. The van der Waals surface area contributed by atoms with Gasteiger partial charge in [-0.2, -0.15) is 0 Å². The number of pyridine rings is 1. The van der Waals surface area contributed by atoms with Crippen molar-refractivity contribution in [3.8, 4) is 28.1 Å². The number of nitrogens with zero attached hydrogens (tertiary/aromatic N) is 3. The van der Waals surface area contributed by atoms with Crippen LogP contribution in [0.4, 0.5) is 0 Å². The van der Waals surface area contributed by atoms with Crippen molar-refractivity contribution in [2.24, 2.45) is 4.99 Å². The first-order chi connectivity index (χ1) is 25.4. The van der Waals surface area contributed by atoms with E-state index in [1.54, 1.807) is 0 Å². The molecule has 1 atom stereocenters. The third kappa shape index (κ3) is 6.43. The van der Waals surface area contributed by atoms with Gasteiger partial charge < -0.3 is 14.3 Å². The van der Waals surface area contributed by atoms with Crippen molar-refractivity contribution < 1.29 is 25.8 Å². The Morgan fingerprint density at radius 2 is 1.32 bits per heavy atom. The molecule has 0 fully saturated rings. The Morgan fingerprint density at radius 3 is 2.02 bits per heavy atom. The van der Waals surface area contributed by atoms with Crippen LogP contribution in [0.15, 0.2) is 163 Å². The molecular weight excluding hydrogens is 830 g/mol. The second-order valence-corrected chi connectivity index (χ2v) is 14.1. The molecule has 260 valence electrons. The first-order valence-electron chi connectivity index (χ1n) is 17.8. The molecule has 0 bridgehead atoms. The molecule has 8 aromatic rings. The van der Waals surface area contributed by atoms with Crippen LogP contribution in [0, 0.1) is 19.1 Å². The number of hydrogen-bond donors (Lipinski definition) is 0. The monoisotopic (exact) mass is 866 g/mol. The molecule has 0 amide bonds. The Balaban J connectivity index is 0.00000400. The van der Waals surface area contributed by atoms with E-state index in [9.17, 15) is 0 Å². The molecule has 0 N–H and O–H groups in total. The molecule has 4 nitrogen and oxygen atoms in total. The van der Waals surface area contributed by atoms with E-state index in [2.05, 4.69) is 177 Å². The summed E-state index contributed by atoms with van der Waals surface area (Å²) in [5.74, 6) is 0.604. The average Bonchev–Trinajstić information content (AvgIpc) is 3.69. The molecule has 0 saturated heterocycles. The number of benzene rings is 6. The first-order valence-corrected chi connectivity index (χ1v) is 17.8. The van der Waals surface area contributed by atoms with Crippen LogP contribution in [0.3, 0.4) is 0 Å². The van der Waals surface area contributed by atoms with E-state index in [1.165, 1.54) is 11.1 Å². The van der Waals surface area contributed by atoms with Gasteiger partial charge in [0.1, 0.15) is 11.5 Å². The molecular formula is C48H37N3OPt. The van der Waals surface area contributed by atoms with Gasteiger partial charge in [-0.25, -0.2) is 0 Å². The fraction of sp³-hybridized carbons (Fsp3) is 0.125. The molecule has 2 aromatic heterocycles. The molecule has 0 unspecified atom stereocenters. The largest absolute Gasteiger partial charge is 2.00 e. The van der Waals surface area contributed by atoms with E-state index in [4.69, 9.17) is 14.7 Å². The number of ether oxygens (including phenoxy) is 1. The molecule has 0 saturated carbocycles. The Bertz CT molecular complexity index is 2550. The predicted octanol–water partition coefficient (Wildman–Crippen LogP) is 11.2. The van der Waals surface area contributed by atoms with Gasteiger partial charge in [-0.3, -0.25) is 4.99 Å². The molecule has 9 rings (SSSR count). The summed E-state index contributed by atoms with van der Waals surface area (Å²) in [7, 11) is 0. The van der Waals surface area contributed by atoms with Gasteiger partial charge in [0.15, 0.2) is 0 Å². The van der Waals surface area contributed by atoms with Crippen LogP contribution in [0.5, 0.6) is 0 Å². The van der Waals surface area contributed by atoms with Crippen molar-refractivity contribution in [3.63, 3.8) is 0 Å². The van der Waals surface area contributed by atoms with Gasteiger partial charge in [0.25, 0.3) is 0 Å². The number of aromatic nitrogens is 2. The third-order valence-corrected chi connectivity index (χ3v) is 10.2. The summed E-state index contributed by atoms with van der Waals surface area (Å²) >= 11 is 0. The van der Waals surface area contributed by atoms with Crippen molar-refractivity contribution in [3.05, 3.63) is 192 Å². The number of rotatable bonds is 7. The SMILES string of the molecule is Cc1ccnc(-c2[c-]c3c(cc2)c2ccccc2n3-c2[c-]c(C3=N[C@H](C(c4ccccc4)c4ccccc4)C(C)(C)O3)cc(-c3ccccc3)c2)c1.[Pt+2]. The summed E-state index contributed by atoms with van der Waals surface area (Å²) in [5, 5.41) is 2.28. The summed E-state index contributed by atoms with van der Waals surface area (Å²) < 4.78 is 9.16. The second kappa shape index (κ2) is 14.1. The molecule has 1 aliphatic heterocycles. The maximum atomic E-state index is 6.89. The quantitative estimate of drug-likeness (QED) is 0.150. The van der Waals surface area contributed by atoms with Crippen molar-refractivity contribution in [1.82, 2.24) is 9.55 Å². The van der Waals surface area contributed by atoms with E-state index in [-0.39, 0.29) is 33.0 Å². The van der Waals surface area contributed by atoms with E-state index in [0.717, 1.165) is 61.0 Å². The normalized spacial score (nSPS) is 14.9. The standard InChI is InChI=1S/C48H37N3O.Pt/c1-32-25-26-49-42(27-32)36-23-24-41-40-21-13-14-22-43(40)51(44(41)31-36)39-29-37(33-15-7-4-8-16-33)28-38(30-39)47-50-46(48(2,3)52-47)45(34-17-9-5-10-18-34)35-19-11-6-12-20-35;/h4-29,45-46H,1-3H3;/q-2;+2/t46-;/m1./s1. The Kier molecular flexibility index (Phi) is 9.18. The zero-order valence-electron chi connectivity index (χ0n) is 29.7. The van der Waals surface area contributed by atoms with Crippen LogP contribution >= 0.6 is 0 Å². The van der Waals surface area contributed by atoms with E-state index >= 15 is 0 Å². The summed E-state index contributed by atoms with van der Waals surface area (Å²) in [6.45, 7) is 6.39. The number of fused-ring (bicyclic) bond motifs is 3. The van der Waals surface area contributed by atoms with Gasteiger partial charge in [0.2, 0.25) is 0 Å². The van der Waals surface area contributed by atoms with Gasteiger partial charge >= 0.3 is 21.1 Å². The summed E-state index contributed by atoms with van der Waals surface area (Å²) in [6.07, 6.45) is 1.86. The fourth-order valence-corrected chi connectivity index (χ4v) is 7.66. The van der Waals surface area contributed by atoms with Crippen LogP contribution in [-0.4, -0.2) is 27.1 Å². The molecule has 53 heavy (non-hydrogen) atoms. The summed E-state index contributed by atoms with van der Waals surface area (Å²) in [5.41, 5.74) is 10.8. The third-order valence-electron chi connectivity index (χ3n) is 10.2. The van der Waals surface area contributed by atoms with Crippen LogP contribution in [0.1, 0.15) is 42.0 Å². The van der Waals surface area contributed by atoms with Gasteiger partial charge in [-0.1, -0.05) is 137 Å². The van der Waals surface area contributed by atoms with Crippen LogP contribution in [0.25, 0.3) is 49.9 Å². The molecule has 1 aliphatic rings. The van der Waals surface area contributed by atoms with Crippen molar-refractivity contribution >= 4 is 27.7 Å². The Hall–Kier alpha value is -5.57. The summed E-state index contributed by atoms with van der Waals surface area (Å²) in [6, 6.07) is 60.6. The molecule has 6 aromatic carbocycles. The van der Waals surface area contributed by atoms with Gasteiger partial charge in [-0.15, -0.1) is 42.0 Å². The summed E-state index contributed by atoms with van der Waals surface area (Å²) in [4.78, 5) is 10.1. The van der Waals surface area contributed by atoms with Crippen molar-refractivity contribution in [2.45, 2.75) is 38.3 Å². The maximum absolute atomic E-state index is 6.89. The van der Waals surface area contributed by atoms with Crippen molar-refractivity contribution in [2.75, 3.05) is 0 Å². The molecule has 0 spiro atoms. The minimum Gasteiger partial charge on any atom is -0.512 e. The average molecular weight is 867 g/mol. The van der Waals surface area contributed by atoms with E-state index < -0.39 is 5.60 Å². The number of aryl methyl sites for hydroxylation is 1. The zero-order valence-corrected chi connectivity index (χ0v) is 32.0. The van der Waals surface area contributed by atoms with Crippen LogP contribution in [-0.2, 0) is 25.8 Å². The predicted molar refractivity (Wildman–Crippen MR) is 212 cm³/mol. The molecule has 0 aliphatic carbocycles. The smallest absolute Gasteiger partial charge is 0.512 e. The van der Waals surface area contributed by atoms with Gasteiger partial charge in [0, 0.05) is 17.6 Å². The van der Waals surface area contributed by atoms with Crippen LogP contribution in [0.2, 0.25) is 0 Å². The second-order valence-electron chi connectivity index (χ2n) is 14.1. The molecule has 3 heterocycles. The number of aliphatic imine (C=N–C) groups is 1. The minimum absolute atomic E-state index is 0. The Morgan fingerprint density at radius 1 is 0.660 bits per heavy atom. The minimum atomic E-state index is -0.585. The number of para-hydroxylation sites is 1. The molecule has 5 heteroatoms. The van der Waals surface area contributed by atoms with Gasteiger partial charge in [0.05, 0.1) is 6.04 Å². The molecule has 0 radical (unpaired) electrons. The number of hydrogen-bond acceptors (Lipinski definition) is 3. The van der Waals surface area contributed by atoms with Crippen molar-refractivity contribution in [1.29, 1.82) is 0 Å².